The van der Waals surface area contributed by atoms with Crippen molar-refractivity contribution in [3.8, 4) is 5.88 Å². The van der Waals surface area contributed by atoms with Gasteiger partial charge in [-0.15, -0.1) is 0 Å². The zero-order chi connectivity index (χ0) is 14.3. The first-order valence-electron chi connectivity index (χ1n) is 6.08. The van der Waals surface area contributed by atoms with Crippen LogP contribution in [0.15, 0.2) is 40.2 Å². The lowest BCUT2D eigenvalue weighted by molar-refractivity contribution is 0.449. The third kappa shape index (κ3) is 1.62. The first kappa shape index (κ1) is 12.2. The van der Waals surface area contributed by atoms with E-state index in [-0.39, 0.29) is 17.3 Å². The van der Waals surface area contributed by atoms with Crippen LogP contribution >= 0.6 is 0 Å². The Morgan fingerprint density at radius 1 is 1.35 bits per heavy atom. The second-order valence-corrected chi connectivity index (χ2v) is 4.32. The summed E-state index contributed by atoms with van der Waals surface area (Å²) in [5, 5.41) is 24.4. The summed E-state index contributed by atoms with van der Waals surface area (Å²) in [6.45, 7) is 1.71. The lowest BCUT2D eigenvalue weighted by Gasteiger charge is -2.13. The van der Waals surface area contributed by atoms with Gasteiger partial charge in [-0.05, 0) is 19.1 Å². The average Bonchev–Trinajstić information content (AvgIpc) is 2.78. The van der Waals surface area contributed by atoms with E-state index in [1.807, 2.05) is 18.2 Å². The van der Waals surface area contributed by atoms with Gasteiger partial charge in [0.2, 0.25) is 5.88 Å². The molecule has 1 aromatic carbocycles. The molecule has 3 N–H and O–H groups in total. The average molecular weight is 268 g/mol. The number of aromatic hydroxyl groups is 1. The molecule has 20 heavy (non-hydrogen) atoms. The molecular formula is C14H12N4O2. The molecule has 0 radical (unpaired) electrons. The van der Waals surface area contributed by atoms with Gasteiger partial charge in [0.05, 0.1) is 10.9 Å². The highest BCUT2D eigenvalue weighted by Gasteiger charge is 2.26. The van der Waals surface area contributed by atoms with Gasteiger partial charge in [-0.2, -0.15) is 5.10 Å². The van der Waals surface area contributed by atoms with Crippen LogP contribution in [0.2, 0.25) is 0 Å². The minimum Gasteiger partial charge on any atom is -0.494 e. The maximum absolute atomic E-state index is 11.8. The maximum atomic E-state index is 11.8. The molecule has 0 saturated carbocycles. The van der Waals surface area contributed by atoms with Crippen molar-refractivity contribution in [1.29, 1.82) is 5.41 Å². The van der Waals surface area contributed by atoms with Gasteiger partial charge in [0.1, 0.15) is 10.9 Å². The van der Waals surface area contributed by atoms with Crippen molar-refractivity contribution in [3.63, 3.8) is 0 Å². The summed E-state index contributed by atoms with van der Waals surface area (Å²) >= 11 is 0. The van der Waals surface area contributed by atoms with E-state index >= 15 is 0 Å². The van der Waals surface area contributed by atoms with E-state index < -0.39 is 5.56 Å². The van der Waals surface area contributed by atoms with Crippen LogP contribution in [0.5, 0.6) is 5.88 Å². The molecule has 3 rings (SSSR count). The van der Waals surface area contributed by atoms with Crippen molar-refractivity contribution in [3.05, 3.63) is 56.8 Å². The number of hydrogen-bond acceptors (Lipinski definition) is 4. The molecule has 2 aromatic rings. The molecule has 0 amide bonds. The second-order valence-electron chi connectivity index (χ2n) is 4.32. The molecule has 1 aliphatic heterocycles. The summed E-state index contributed by atoms with van der Waals surface area (Å²) in [5.41, 5.74) is 0.513. The monoisotopic (exact) mass is 268 g/mol. The number of aromatic amines is 1. The fraction of sp³-hybridized carbons (Fsp3) is 0.0714. The van der Waals surface area contributed by atoms with Crippen molar-refractivity contribution in [2.75, 3.05) is 5.01 Å². The molecule has 2 heterocycles. The third-order valence-corrected chi connectivity index (χ3v) is 3.14. The molecule has 0 spiro atoms. The van der Waals surface area contributed by atoms with Gasteiger partial charge in [-0.25, -0.2) is 5.01 Å². The number of para-hydroxylation sites is 1. The molecule has 100 valence electrons. The lowest BCUT2D eigenvalue weighted by Crippen LogP contribution is -2.41. The van der Waals surface area contributed by atoms with Crippen molar-refractivity contribution in [2.24, 2.45) is 5.10 Å². The van der Waals surface area contributed by atoms with Crippen LogP contribution in [-0.2, 0) is 0 Å². The van der Waals surface area contributed by atoms with E-state index in [0.29, 0.717) is 16.3 Å². The van der Waals surface area contributed by atoms with Crippen LogP contribution in [0.1, 0.15) is 12.5 Å². The second kappa shape index (κ2) is 4.34. The van der Waals surface area contributed by atoms with Crippen molar-refractivity contribution in [1.82, 2.24) is 4.98 Å². The zero-order valence-electron chi connectivity index (χ0n) is 10.7. The van der Waals surface area contributed by atoms with Gasteiger partial charge in [0.15, 0.2) is 5.84 Å². The van der Waals surface area contributed by atoms with E-state index in [2.05, 4.69) is 10.1 Å². The number of anilines is 1. The van der Waals surface area contributed by atoms with E-state index in [9.17, 15) is 9.90 Å². The lowest BCUT2D eigenvalue weighted by atomic mass is 10.2. The smallest absolute Gasteiger partial charge is 0.259 e. The van der Waals surface area contributed by atoms with Crippen LogP contribution < -0.4 is 21.1 Å². The highest BCUT2D eigenvalue weighted by Crippen LogP contribution is 2.21. The number of rotatable bonds is 1. The highest BCUT2D eigenvalue weighted by molar-refractivity contribution is 6.10. The standard InChI is InChI=1S/C14H12N4O2/c1-2-9-11-10(14(20)16-13(9)19)12(15)18(17-11)8-6-4-3-5-7-8/h2-7,15,20H,1H3,(H,16,19)/b9-2+,15-12?. The van der Waals surface area contributed by atoms with Gasteiger partial charge in [-0.1, -0.05) is 24.3 Å². The summed E-state index contributed by atoms with van der Waals surface area (Å²) < 4.78 is 0. The first-order chi connectivity index (χ1) is 9.63. The minimum absolute atomic E-state index is 0.0306. The minimum atomic E-state index is -0.421. The fourth-order valence-corrected chi connectivity index (χ4v) is 2.20. The van der Waals surface area contributed by atoms with E-state index in [1.165, 1.54) is 5.01 Å². The summed E-state index contributed by atoms with van der Waals surface area (Å²) in [5.74, 6) is -0.300. The number of benzene rings is 1. The third-order valence-electron chi connectivity index (χ3n) is 3.14. The number of nitrogens with zero attached hydrogens (tertiary/aromatic N) is 2. The SMILES string of the molecule is C/C=c1/c(=O)[nH]c(O)c2c1=NN(c1ccccc1)C2=N. The molecule has 0 bridgehead atoms. The van der Waals surface area contributed by atoms with Crippen LogP contribution in [-0.4, -0.2) is 15.9 Å². The fourth-order valence-electron chi connectivity index (χ4n) is 2.20. The maximum Gasteiger partial charge on any atom is 0.259 e. The van der Waals surface area contributed by atoms with Crippen LogP contribution in [0, 0.1) is 5.41 Å². The number of fused-ring (bicyclic) bond motifs is 1. The Morgan fingerprint density at radius 2 is 2.05 bits per heavy atom. The largest absolute Gasteiger partial charge is 0.494 e. The van der Waals surface area contributed by atoms with Gasteiger partial charge in [0, 0.05) is 0 Å². The molecule has 0 atom stereocenters. The van der Waals surface area contributed by atoms with Crippen LogP contribution in [0.25, 0.3) is 6.08 Å². The first-order valence-corrected chi connectivity index (χ1v) is 6.08. The number of H-pyrrole nitrogens is 1. The molecular weight excluding hydrogens is 256 g/mol. The topological polar surface area (TPSA) is 92.5 Å². The molecule has 0 aliphatic carbocycles. The van der Waals surface area contributed by atoms with Gasteiger partial charge < -0.3 is 5.11 Å². The predicted octanol–water partition coefficient (Wildman–Crippen LogP) is 0.261. The number of hydrogen-bond donors (Lipinski definition) is 3. The Hall–Kier alpha value is -2.89. The molecule has 0 saturated heterocycles. The number of amidine groups is 1. The Balaban J connectivity index is 2.32. The van der Waals surface area contributed by atoms with Gasteiger partial charge >= 0.3 is 0 Å². The van der Waals surface area contributed by atoms with Crippen LogP contribution in [0.4, 0.5) is 5.69 Å². The Morgan fingerprint density at radius 3 is 2.70 bits per heavy atom. The summed E-state index contributed by atoms with van der Waals surface area (Å²) in [6.07, 6.45) is 1.61. The molecule has 1 aromatic heterocycles. The Bertz CT molecular complexity index is 869. The molecule has 0 fully saturated rings. The Labute approximate surface area is 113 Å². The number of aromatic nitrogens is 1. The van der Waals surface area contributed by atoms with Crippen molar-refractivity contribution in [2.45, 2.75) is 6.92 Å². The van der Waals surface area contributed by atoms with E-state index in [0.717, 1.165) is 0 Å². The molecule has 0 unspecified atom stereocenters. The molecule has 6 heteroatoms. The van der Waals surface area contributed by atoms with E-state index in [4.69, 9.17) is 5.41 Å². The van der Waals surface area contributed by atoms with Gasteiger partial charge in [0.25, 0.3) is 5.56 Å². The number of pyridine rings is 1. The summed E-state index contributed by atoms with van der Waals surface area (Å²) in [4.78, 5) is 14.1. The quantitative estimate of drug-likeness (QED) is 0.692. The molecule has 6 nitrogen and oxygen atoms in total. The number of nitrogens with one attached hydrogen (secondary N) is 2. The van der Waals surface area contributed by atoms with Gasteiger partial charge in [-0.3, -0.25) is 15.2 Å². The predicted molar refractivity (Wildman–Crippen MR) is 75.4 cm³/mol. The van der Waals surface area contributed by atoms with Crippen molar-refractivity contribution >= 4 is 17.6 Å². The Kier molecular flexibility index (Phi) is 2.64. The molecule has 1 aliphatic rings. The summed E-state index contributed by atoms with van der Waals surface area (Å²) in [7, 11) is 0. The van der Waals surface area contributed by atoms with Crippen LogP contribution in [0.3, 0.4) is 0 Å². The normalized spacial score (nSPS) is 14.3. The summed E-state index contributed by atoms with van der Waals surface area (Å²) in [6, 6.07) is 9.14. The highest BCUT2D eigenvalue weighted by atomic mass is 16.3. The zero-order valence-corrected chi connectivity index (χ0v) is 10.7. The van der Waals surface area contributed by atoms with E-state index in [1.54, 1.807) is 25.1 Å². The van der Waals surface area contributed by atoms with Crippen molar-refractivity contribution < 1.29 is 5.11 Å².